The SMILES string of the molecule is C=C/C(=C\C1OCC(SC(C)(C)C(O)(Cn2cncn2)c2ccc(C(F)(F)F)cc2)CO1)c1ccc(C(F)(F)F)cc1. The van der Waals surface area contributed by atoms with E-state index >= 15 is 0 Å². The van der Waals surface area contributed by atoms with Gasteiger partial charge >= 0.3 is 12.4 Å². The molecule has 0 spiro atoms. The first-order chi connectivity index (χ1) is 19.6. The zero-order valence-corrected chi connectivity index (χ0v) is 23.5. The lowest BCUT2D eigenvalue weighted by Crippen LogP contribution is -2.50. The molecule has 1 aromatic heterocycles. The van der Waals surface area contributed by atoms with Crippen molar-refractivity contribution in [1.29, 1.82) is 0 Å². The molecule has 1 unspecified atom stereocenters. The van der Waals surface area contributed by atoms with E-state index in [1.165, 1.54) is 59.4 Å². The van der Waals surface area contributed by atoms with E-state index in [9.17, 15) is 31.4 Å². The van der Waals surface area contributed by atoms with Crippen molar-refractivity contribution in [2.45, 2.75) is 54.6 Å². The molecule has 1 N–H and O–H groups in total. The topological polar surface area (TPSA) is 69.4 Å². The Labute approximate surface area is 243 Å². The molecule has 42 heavy (non-hydrogen) atoms. The Balaban J connectivity index is 1.48. The van der Waals surface area contributed by atoms with Crippen LogP contribution < -0.4 is 0 Å². The number of halogens is 6. The number of aliphatic hydroxyl groups is 1. The number of rotatable bonds is 9. The first-order valence-electron chi connectivity index (χ1n) is 12.8. The summed E-state index contributed by atoms with van der Waals surface area (Å²) in [5.41, 5.74) is -1.95. The highest BCUT2D eigenvalue weighted by atomic mass is 32.2. The first-order valence-corrected chi connectivity index (χ1v) is 13.7. The van der Waals surface area contributed by atoms with Crippen LogP contribution in [0.1, 0.15) is 36.1 Å². The van der Waals surface area contributed by atoms with Crippen LogP contribution in [0, 0.1) is 0 Å². The van der Waals surface area contributed by atoms with Gasteiger partial charge in [-0.25, -0.2) is 9.67 Å². The normalized spacial score (nSPS) is 20.3. The molecule has 0 amide bonds. The van der Waals surface area contributed by atoms with Crippen LogP contribution >= 0.6 is 11.8 Å². The Kier molecular flexibility index (Phi) is 9.26. The zero-order chi connectivity index (χ0) is 30.8. The van der Waals surface area contributed by atoms with Crippen LogP contribution in [0.4, 0.5) is 26.3 Å². The number of hydrogen-bond acceptors (Lipinski definition) is 6. The van der Waals surface area contributed by atoms with E-state index in [0.717, 1.165) is 24.3 Å². The minimum atomic E-state index is -4.52. The highest BCUT2D eigenvalue weighted by Crippen LogP contribution is 2.46. The third-order valence-corrected chi connectivity index (χ3v) is 8.51. The van der Waals surface area contributed by atoms with Crippen molar-refractivity contribution in [2.24, 2.45) is 0 Å². The Morgan fingerprint density at radius 1 is 0.952 bits per heavy atom. The van der Waals surface area contributed by atoms with Crippen LogP contribution in [-0.2, 0) is 34.0 Å². The Morgan fingerprint density at radius 3 is 1.95 bits per heavy atom. The summed E-state index contributed by atoms with van der Waals surface area (Å²) >= 11 is 1.35. The van der Waals surface area contributed by atoms with Gasteiger partial charge in [-0.2, -0.15) is 31.4 Å². The molecule has 0 saturated carbocycles. The summed E-state index contributed by atoms with van der Waals surface area (Å²) in [5.74, 6) is 0. The van der Waals surface area contributed by atoms with Gasteiger partial charge in [0.25, 0.3) is 0 Å². The van der Waals surface area contributed by atoms with Gasteiger partial charge in [0, 0.05) is 4.75 Å². The molecular weight excluding hydrogens is 584 g/mol. The maximum absolute atomic E-state index is 13.2. The molecule has 13 heteroatoms. The minimum absolute atomic E-state index is 0.0754. The fraction of sp³-hybridized carbons (Fsp3) is 0.379. The van der Waals surface area contributed by atoms with Crippen molar-refractivity contribution >= 4 is 17.3 Å². The molecule has 1 saturated heterocycles. The van der Waals surface area contributed by atoms with Crippen molar-refractivity contribution in [3.05, 3.63) is 102 Å². The lowest BCUT2D eigenvalue weighted by Gasteiger charge is -2.45. The monoisotopic (exact) mass is 613 g/mol. The van der Waals surface area contributed by atoms with Crippen LogP contribution in [0.15, 0.2) is 79.9 Å². The Hall–Kier alpha value is -3.13. The summed E-state index contributed by atoms with van der Waals surface area (Å²) in [6.07, 6.45) is -3.94. The average molecular weight is 614 g/mol. The summed E-state index contributed by atoms with van der Waals surface area (Å²) in [7, 11) is 0. The largest absolute Gasteiger partial charge is 0.416 e. The number of alkyl halides is 6. The fourth-order valence-corrected chi connectivity index (χ4v) is 6.08. The molecule has 4 rings (SSSR count). The standard InChI is InChI=1S/C29H29F6N3O3S/c1-4-19(20-5-7-22(8-6-20)28(30,31)32)13-25-40-14-24(15-41-25)42-26(2,3)27(39,16-38-18-36-17-37-38)21-9-11-23(12-10-21)29(33,34)35/h4-13,17-18,24-25,39H,1,14-16H2,2-3H3/b19-13+. The van der Waals surface area contributed by atoms with Crippen molar-refractivity contribution in [3.8, 4) is 0 Å². The number of benzene rings is 2. The van der Waals surface area contributed by atoms with E-state index in [4.69, 9.17) is 9.47 Å². The van der Waals surface area contributed by atoms with E-state index in [0.29, 0.717) is 11.1 Å². The van der Waals surface area contributed by atoms with Gasteiger partial charge in [0.1, 0.15) is 18.3 Å². The minimum Gasteiger partial charge on any atom is -0.382 e. The summed E-state index contributed by atoms with van der Waals surface area (Å²) in [4.78, 5) is 3.90. The molecule has 1 aliphatic rings. The van der Waals surface area contributed by atoms with Crippen LogP contribution in [0.3, 0.4) is 0 Å². The number of nitrogens with zero attached hydrogens (tertiary/aromatic N) is 3. The molecule has 3 aromatic rings. The van der Waals surface area contributed by atoms with Crippen molar-refractivity contribution < 1.29 is 40.9 Å². The van der Waals surface area contributed by atoms with Gasteiger partial charge in [0.05, 0.1) is 36.1 Å². The molecule has 2 heterocycles. The van der Waals surface area contributed by atoms with E-state index in [1.54, 1.807) is 19.9 Å². The van der Waals surface area contributed by atoms with Gasteiger partial charge in [-0.05, 0) is 60.9 Å². The van der Waals surface area contributed by atoms with Crippen molar-refractivity contribution in [1.82, 2.24) is 14.8 Å². The second kappa shape index (κ2) is 12.2. The molecule has 1 fully saturated rings. The number of hydrogen-bond donors (Lipinski definition) is 1. The summed E-state index contributed by atoms with van der Waals surface area (Å²) in [5, 5.41) is 15.8. The molecule has 226 valence electrons. The fourth-order valence-electron chi connectivity index (χ4n) is 4.57. The molecule has 1 aliphatic heterocycles. The molecule has 0 bridgehead atoms. The van der Waals surface area contributed by atoms with Gasteiger partial charge in [-0.15, -0.1) is 11.8 Å². The summed E-state index contributed by atoms with van der Waals surface area (Å²) in [6.45, 7) is 7.63. The summed E-state index contributed by atoms with van der Waals surface area (Å²) in [6, 6.07) is 9.04. The lowest BCUT2D eigenvalue weighted by atomic mass is 9.82. The van der Waals surface area contributed by atoms with Crippen LogP contribution in [0.2, 0.25) is 0 Å². The second-order valence-electron chi connectivity index (χ2n) is 10.2. The van der Waals surface area contributed by atoms with Gasteiger partial charge in [-0.1, -0.05) is 36.9 Å². The van der Waals surface area contributed by atoms with E-state index in [2.05, 4.69) is 16.7 Å². The van der Waals surface area contributed by atoms with Crippen LogP contribution in [0.5, 0.6) is 0 Å². The van der Waals surface area contributed by atoms with Gasteiger partial charge in [0.2, 0.25) is 0 Å². The first kappa shape index (κ1) is 31.8. The van der Waals surface area contributed by atoms with Gasteiger partial charge in [-0.3, -0.25) is 0 Å². The smallest absolute Gasteiger partial charge is 0.382 e. The second-order valence-corrected chi connectivity index (χ2v) is 12.1. The molecule has 0 radical (unpaired) electrons. The van der Waals surface area contributed by atoms with E-state index < -0.39 is 40.1 Å². The molecule has 0 aliphatic carbocycles. The van der Waals surface area contributed by atoms with Crippen molar-refractivity contribution in [2.75, 3.05) is 13.2 Å². The van der Waals surface area contributed by atoms with Crippen molar-refractivity contribution in [3.63, 3.8) is 0 Å². The highest BCUT2D eigenvalue weighted by Gasteiger charge is 2.48. The third-order valence-electron chi connectivity index (χ3n) is 6.98. The van der Waals surface area contributed by atoms with Gasteiger partial charge < -0.3 is 14.6 Å². The highest BCUT2D eigenvalue weighted by molar-refractivity contribution is 8.01. The van der Waals surface area contributed by atoms with E-state index in [1.807, 2.05) is 0 Å². The number of aromatic nitrogens is 3. The maximum atomic E-state index is 13.2. The summed E-state index contributed by atoms with van der Waals surface area (Å²) < 4.78 is 90.5. The van der Waals surface area contributed by atoms with E-state index in [-0.39, 0.29) is 30.6 Å². The number of thioether (sulfide) groups is 1. The third kappa shape index (κ3) is 7.25. The predicted octanol–water partition coefficient (Wildman–Crippen LogP) is 6.73. The average Bonchev–Trinajstić information content (AvgIpc) is 3.44. The maximum Gasteiger partial charge on any atom is 0.416 e. The zero-order valence-electron chi connectivity index (χ0n) is 22.7. The molecule has 1 atom stereocenters. The van der Waals surface area contributed by atoms with Gasteiger partial charge in [0.15, 0.2) is 6.29 Å². The number of ether oxygens (including phenoxy) is 2. The number of allylic oxidation sites excluding steroid dienone is 2. The van der Waals surface area contributed by atoms with Crippen LogP contribution in [0.25, 0.3) is 5.57 Å². The molecule has 2 aromatic carbocycles. The Bertz CT molecular complexity index is 1370. The molecular formula is C29H29F6N3O3S. The Morgan fingerprint density at radius 2 is 1.48 bits per heavy atom. The quantitative estimate of drug-likeness (QED) is 0.213. The van der Waals surface area contributed by atoms with Crippen LogP contribution in [-0.4, -0.2) is 49.4 Å². The predicted molar refractivity (Wildman–Crippen MR) is 146 cm³/mol. The lowest BCUT2D eigenvalue weighted by molar-refractivity contribution is -0.146. The molecule has 6 nitrogen and oxygen atoms in total.